The zero-order chi connectivity index (χ0) is 23.0. The molecule has 0 spiro atoms. The Balaban J connectivity index is 1.49. The first kappa shape index (κ1) is 21.3. The first-order chi connectivity index (χ1) is 15.1. The molecule has 0 aliphatic rings. The SMILES string of the molecule is Cn1cnc2ncn(Cc3nn(C[C@H](F)c4ccc(OC(C)(F)F)cc4)c(=O)o3)c(=O)c21. The van der Waals surface area contributed by atoms with Crippen LogP contribution in [0.15, 0.2) is 50.9 Å². The van der Waals surface area contributed by atoms with E-state index in [0.29, 0.717) is 6.92 Å². The lowest BCUT2D eigenvalue weighted by molar-refractivity contribution is -0.158. The molecule has 3 heterocycles. The lowest BCUT2D eigenvalue weighted by Crippen LogP contribution is -2.23. The van der Waals surface area contributed by atoms with Gasteiger partial charge in [0.05, 0.1) is 12.9 Å². The highest BCUT2D eigenvalue weighted by Gasteiger charge is 2.23. The maximum atomic E-state index is 14.6. The van der Waals surface area contributed by atoms with E-state index in [-0.39, 0.29) is 34.9 Å². The molecule has 0 aliphatic carbocycles. The van der Waals surface area contributed by atoms with Gasteiger partial charge < -0.3 is 13.7 Å². The minimum Gasteiger partial charge on any atom is -0.433 e. The van der Waals surface area contributed by atoms with Crippen molar-refractivity contribution in [2.75, 3.05) is 0 Å². The van der Waals surface area contributed by atoms with Gasteiger partial charge in [-0.05, 0) is 17.7 Å². The summed E-state index contributed by atoms with van der Waals surface area (Å²) in [5.74, 6) is -1.14. The summed E-state index contributed by atoms with van der Waals surface area (Å²) < 4.78 is 53.3. The Labute approximate surface area is 177 Å². The van der Waals surface area contributed by atoms with Crippen molar-refractivity contribution < 1.29 is 22.3 Å². The fourth-order valence-corrected chi connectivity index (χ4v) is 3.07. The summed E-state index contributed by atoms with van der Waals surface area (Å²) in [6.45, 7) is -0.0732. The van der Waals surface area contributed by atoms with Crippen LogP contribution in [0.3, 0.4) is 0 Å². The van der Waals surface area contributed by atoms with E-state index in [1.54, 1.807) is 7.05 Å². The lowest BCUT2D eigenvalue weighted by atomic mass is 10.1. The Kier molecular flexibility index (Phi) is 5.32. The number of rotatable bonds is 7. The molecule has 0 unspecified atom stereocenters. The number of fused-ring (bicyclic) bond motifs is 1. The van der Waals surface area contributed by atoms with Crippen LogP contribution in [0, 0.1) is 0 Å². The maximum Gasteiger partial charge on any atom is 0.437 e. The molecule has 0 saturated carbocycles. The van der Waals surface area contributed by atoms with Crippen LogP contribution in [0.1, 0.15) is 24.5 Å². The van der Waals surface area contributed by atoms with E-state index in [0.717, 1.165) is 4.68 Å². The molecule has 0 fully saturated rings. The van der Waals surface area contributed by atoms with E-state index >= 15 is 0 Å². The zero-order valence-corrected chi connectivity index (χ0v) is 16.9. The average Bonchev–Trinajstić information content (AvgIpc) is 3.26. The summed E-state index contributed by atoms with van der Waals surface area (Å²) >= 11 is 0. The summed E-state index contributed by atoms with van der Waals surface area (Å²) in [4.78, 5) is 32.7. The molecule has 0 radical (unpaired) electrons. The van der Waals surface area contributed by atoms with Gasteiger partial charge in [0, 0.05) is 14.0 Å². The number of nitrogens with zero attached hydrogens (tertiary/aromatic N) is 6. The number of benzene rings is 1. The molecular formula is C19H17F3N6O4. The van der Waals surface area contributed by atoms with E-state index in [4.69, 9.17) is 4.42 Å². The van der Waals surface area contributed by atoms with Crippen molar-refractivity contribution in [3.63, 3.8) is 0 Å². The molecule has 1 aromatic carbocycles. The van der Waals surface area contributed by atoms with Crippen molar-refractivity contribution in [1.82, 2.24) is 28.9 Å². The molecular weight excluding hydrogens is 433 g/mol. The molecule has 3 aromatic heterocycles. The van der Waals surface area contributed by atoms with Crippen molar-refractivity contribution in [3.05, 3.63) is 69.3 Å². The van der Waals surface area contributed by atoms with E-state index in [1.807, 2.05) is 0 Å². The number of imidazole rings is 1. The first-order valence-corrected chi connectivity index (χ1v) is 9.35. The highest BCUT2D eigenvalue weighted by atomic mass is 19.3. The van der Waals surface area contributed by atoms with Gasteiger partial charge in [-0.1, -0.05) is 12.1 Å². The highest BCUT2D eigenvalue weighted by Crippen LogP contribution is 2.25. The van der Waals surface area contributed by atoms with Gasteiger partial charge in [-0.15, -0.1) is 5.10 Å². The Morgan fingerprint density at radius 3 is 2.53 bits per heavy atom. The Morgan fingerprint density at radius 1 is 1.16 bits per heavy atom. The summed E-state index contributed by atoms with van der Waals surface area (Å²) in [6, 6.07) is 4.94. The van der Waals surface area contributed by atoms with E-state index in [9.17, 15) is 22.8 Å². The molecule has 0 N–H and O–H groups in total. The van der Waals surface area contributed by atoms with Crippen LogP contribution in [-0.2, 0) is 20.1 Å². The Bertz CT molecular complexity index is 1370. The number of aromatic nitrogens is 6. The van der Waals surface area contributed by atoms with Crippen LogP contribution in [0.5, 0.6) is 5.75 Å². The molecule has 32 heavy (non-hydrogen) atoms. The molecule has 0 bridgehead atoms. The molecule has 4 aromatic rings. The Morgan fingerprint density at radius 2 is 1.84 bits per heavy atom. The number of ether oxygens (including phenoxy) is 1. The van der Waals surface area contributed by atoms with E-state index < -0.39 is 30.1 Å². The predicted octanol–water partition coefficient (Wildman–Crippen LogP) is 2.03. The van der Waals surface area contributed by atoms with Crippen LogP contribution in [0.4, 0.5) is 13.2 Å². The predicted molar refractivity (Wildman–Crippen MR) is 104 cm³/mol. The first-order valence-electron chi connectivity index (χ1n) is 9.35. The van der Waals surface area contributed by atoms with Gasteiger partial charge in [-0.25, -0.2) is 19.2 Å². The van der Waals surface area contributed by atoms with Gasteiger partial charge in [0.1, 0.15) is 24.8 Å². The molecule has 0 amide bonds. The minimum atomic E-state index is -3.36. The third-order valence-electron chi connectivity index (χ3n) is 4.53. The monoisotopic (exact) mass is 450 g/mol. The largest absolute Gasteiger partial charge is 0.437 e. The number of halogens is 3. The van der Waals surface area contributed by atoms with Gasteiger partial charge in [0.2, 0.25) is 5.89 Å². The van der Waals surface area contributed by atoms with Gasteiger partial charge >= 0.3 is 11.9 Å². The lowest BCUT2D eigenvalue weighted by Gasteiger charge is -2.14. The van der Waals surface area contributed by atoms with Crippen LogP contribution < -0.4 is 16.1 Å². The summed E-state index contributed by atoms with van der Waals surface area (Å²) in [7, 11) is 1.64. The van der Waals surface area contributed by atoms with Gasteiger partial charge in [0.25, 0.3) is 5.56 Å². The topological polar surface area (TPSA) is 110 Å². The van der Waals surface area contributed by atoms with Crippen molar-refractivity contribution in [2.45, 2.75) is 32.3 Å². The van der Waals surface area contributed by atoms with E-state index in [2.05, 4.69) is 19.8 Å². The maximum absolute atomic E-state index is 14.6. The molecule has 168 valence electrons. The molecule has 1 atom stereocenters. The second-order valence-electron chi connectivity index (χ2n) is 7.10. The van der Waals surface area contributed by atoms with Crippen molar-refractivity contribution in [1.29, 1.82) is 0 Å². The summed E-state index contributed by atoms with van der Waals surface area (Å²) in [5, 5.41) is 3.93. The summed E-state index contributed by atoms with van der Waals surface area (Å²) in [6.07, 6.45) is -2.33. The van der Waals surface area contributed by atoms with Crippen LogP contribution >= 0.6 is 0 Å². The van der Waals surface area contributed by atoms with Gasteiger partial charge in [-0.2, -0.15) is 13.5 Å². The van der Waals surface area contributed by atoms with Gasteiger partial charge in [-0.3, -0.25) is 9.36 Å². The number of alkyl halides is 3. The molecule has 4 rings (SSSR count). The Hall–Kier alpha value is -3.90. The van der Waals surface area contributed by atoms with E-state index in [1.165, 1.54) is 46.1 Å². The number of aryl methyl sites for hydroxylation is 1. The molecule has 10 nitrogen and oxygen atoms in total. The number of hydrogen-bond donors (Lipinski definition) is 0. The third-order valence-corrected chi connectivity index (χ3v) is 4.53. The standard InChI is InChI=1S/C19H17F3N6O4/c1-19(21,22)32-12-5-3-11(4-6-12)13(20)7-28-18(30)31-14(25-28)8-27-10-24-16-15(17(27)29)26(2)9-23-16/h3-6,9-10,13H,7-8H2,1-2H3/t13-/m0/s1. The fourth-order valence-electron chi connectivity index (χ4n) is 3.07. The number of hydrogen-bond acceptors (Lipinski definition) is 7. The van der Waals surface area contributed by atoms with Crippen molar-refractivity contribution in [2.24, 2.45) is 7.05 Å². The smallest absolute Gasteiger partial charge is 0.433 e. The normalized spacial score (nSPS) is 12.9. The zero-order valence-electron chi connectivity index (χ0n) is 16.9. The quantitative estimate of drug-likeness (QED) is 0.424. The fraction of sp³-hybridized carbons (Fsp3) is 0.316. The minimum absolute atomic E-state index is 0.110. The van der Waals surface area contributed by atoms with Gasteiger partial charge in [0.15, 0.2) is 11.2 Å². The third kappa shape index (κ3) is 4.40. The second kappa shape index (κ2) is 7.98. The van der Waals surface area contributed by atoms with Crippen LogP contribution in [0.2, 0.25) is 0 Å². The van der Waals surface area contributed by atoms with Crippen LogP contribution in [0.25, 0.3) is 11.2 Å². The van der Waals surface area contributed by atoms with Crippen molar-refractivity contribution >= 4 is 11.2 Å². The molecule has 0 aliphatic heterocycles. The molecule has 13 heteroatoms. The van der Waals surface area contributed by atoms with Crippen molar-refractivity contribution in [3.8, 4) is 5.75 Å². The average molecular weight is 450 g/mol. The summed E-state index contributed by atoms with van der Waals surface area (Å²) in [5.41, 5.74) is 0.275. The molecule has 0 saturated heterocycles. The second-order valence-corrected chi connectivity index (χ2v) is 7.10. The highest BCUT2D eigenvalue weighted by molar-refractivity contribution is 5.68. The van der Waals surface area contributed by atoms with Crippen LogP contribution in [-0.4, -0.2) is 35.0 Å².